The van der Waals surface area contributed by atoms with Crippen LogP contribution in [-0.4, -0.2) is 5.11 Å². The number of anilines is 1. The van der Waals surface area contributed by atoms with Crippen LogP contribution in [0.2, 0.25) is 0 Å². The second kappa shape index (κ2) is 5.08. The van der Waals surface area contributed by atoms with Crippen molar-refractivity contribution in [1.82, 2.24) is 0 Å². The molecule has 0 heterocycles. The molecule has 0 amide bonds. The average molecular weight is 245 g/mol. The molecule has 0 aliphatic rings. The van der Waals surface area contributed by atoms with Crippen LogP contribution in [0.3, 0.4) is 0 Å². The van der Waals surface area contributed by atoms with E-state index in [2.05, 4.69) is 5.32 Å². The highest BCUT2D eigenvalue weighted by atomic mass is 19.1. The summed E-state index contributed by atoms with van der Waals surface area (Å²) in [6, 6.07) is 11.9. The van der Waals surface area contributed by atoms with Gasteiger partial charge in [-0.05, 0) is 31.5 Å². The van der Waals surface area contributed by atoms with Gasteiger partial charge in [0.05, 0.1) is 6.04 Å². The summed E-state index contributed by atoms with van der Waals surface area (Å²) >= 11 is 0. The lowest BCUT2D eigenvalue weighted by molar-refractivity contribution is 0.467. The first kappa shape index (κ1) is 12.4. The molecule has 18 heavy (non-hydrogen) atoms. The zero-order valence-corrected chi connectivity index (χ0v) is 10.4. The lowest BCUT2D eigenvalue weighted by atomic mass is 10.1. The number of rotatable bonds is 3. The van der Waals surface area contributed by atoms with Crippen molar-refractivity contribution in [2.45, 2.75) is 19.9 Å². The molecule has 0 aliphatic heterocycles. The SMILES string of the molecule is Cc1ccccc1NC(C)c1ccc(O)cc1F. The summed E-state index contributed by atoms with van der Waals surface area (Å²) in [5, 5.41) is 12.5. The van der Waals surface area contributed by atoms with Crippen LogP contribution in [0.1, 0.15) is 24.1 Å². The molecule has 3 heteroatoms. The molecule has 0 bridgehead atoms. The minimum atomic E-state index is -0.399. The molecule has 0 saturated carbocycles. The third-order valence-corrected chi connectivity index (χ3v) is 2.97. The van der Waals surface area contributed by atoms with E-state index < -0.39 is 5.82 Å². The number of benzene rings is 2. The van der Waals surface area contributed by atoms with Crippen LogP contribution >= 0.6 is 0 Å². The van der Waals surface area contributed by atoms with Gasteiger partial charge in [-0.1, -0.05) is 24.3 Å². The van der Waals surface area contributed by atoms with E-state index >= 15 is 0 Å². The second-order valence-electron chi connectivity index (χ2n) is 4.39. The van der Waals surface area contributed by atoms with E-state index in [1.54, 1.807) is 6.07 Å². The lowest BCUT2D eigenvalue weighted by Gasteiger charge is -2.18. The van der Waals surface area contributed by atoms with Gasteiger partial charge in [0.15, 0.2) is 0 Å². The van der Waals surface area contributed by atoms with Crippen molar-refractivity contribution in [3.8, 4) is 5.75 Å². The molecular weight excluding hydrogens is 229 g/mol. The maximum absolute atomic E-state index is 13.7. The van der Waals surface area contributed by atoms with Crippen LogP contribution in [0.4, 0.5) is 10.1 Å². The summed E-state index contributed by atoms with van der Waals surface area (Å²) in [6.45, 7) is 3.89. The Morgan fingerprint density at radius 3 is 2.56 bits per heavy atom. The Labute approximate surface area is 106 Å². The van der Waals surface area contributed by atoms with Crippen LogP contribution in [0, 0.1) is 12.7 Å². The van der Waals surface area contributed by atoms with Crippen molar-refractivity contribution in [2.75, 3.05) is 5.32 Å². The van der Waals surface area contributed by atoms with Crippen LogP contribution < -0.4 is 5.32 Å². The molecule has 0 spiro atoms. The number of halogens is 1. The smallest absolute Gasteiger partial charge is 0.132 e. The number of nitrogens with one attached hydrogen (secondary N) is 1. The molecule has 0 aromatic heterocycles. The number of para-hydroxylation sites is 1. The van der Waals surface area contributed by atoms with Gasteiger partial charge in [-0.15, -0.1) is 0 Å². The van der Waals surface area contributed by atoms with Gasteiger partial charge in [-0.3, -0.25) is 0 Å². The van der Waals surface area contributed by atoms with Gasteiger partial charge < -0.3 is 10.4 Å². The van der Waals surface area contributed by atoms with E-state index in [9.17, 15) is 9.50 Å². The largest absolute Gasteiger partial charge is 0.508 e. The highest BCUT2D eigenvalue weighted by molar-refractivity contribution is 5.52. The molecule has 0 aliphatic carbocycles. The zero-order valence-electron chi connectivity index (χ0n) is 10.4. The first-order chi connectivity index (χ1) is 8.58. The van der Waals surface area contributed by atoms with Crippen LogP contribution in [-0.2, 0) is 0 Å². The van der Waals surface area contributed by atoms with Crippen molar-refractivity contribution in [2.24, 2.45) is 0 Å². The summed E-state index contributed by atoms with van der Waals surface area (Å²) in [5.74, 6) is -0.456. The fourth-order valence-corrected chi connectivity index (χ4v) is 1.91. The Morgan fingerprint density at radius 2 is 1.89 bits per heavy atom. The van der Waals surface area contributed by atoms with Crippen molar-refractivity contribution in [1.29, 1.82) is 0 Å². The molecule has 2 aromatic carbocycles. The molecule has 94 valence electrons. The lowest BCUT2D eigenvalue weighted by Crippen LogP contribution is -2.09. The fourth-order valence-electron chi connectivity index (χ4n) is 1.91. The Bertz CT molecular complexity index is 554. The number of aromatic hydroxyl groups is 1. The summed E-state index contributed by atoms with van der Waals surface area (Å²) in [5.41, 5.74) is 2.64. The first-order valence-electron chi connectivity index (χ1n) is 5.88. The van der Waals surface area contributed by atoms with Gasteiger partial charge in [0.1, 0.15) is 11.6 Å². The van der Waals surface area contributed by atoms with Crippen molar-refractivity contribution in [3.63, 3.8) is 0 Å². The standard InChI is InChI=1S/C15H16FNO/c1-10-5-3-4-6-15(10)17-11(2)13-8-7-12(18)9-14(13)16/h3-9,11,17-18H,1-2H3. The van der Waals surface area contributed by atoms with E-state index in [0.717, 1.165) is 17.3 Å². The topological polar surface area (TPSA) is 32.3 Å². The predicted molar refractivity (Wildman–Crippen MR) is 71.3 cm³/mol. The average Bonchev–Trinajstić information content (AvgIpc) is 2.32. The van der Waals surface area contributed by atoms with E-state index in [4.69, 9.17) is 0 Å². The third-order valence-electron chi connectivity index (χ3n) is 2.97. The fraction of sp³-hybridized carbons (Fsp3) is 0.200. The Hall–Kier alpha value is -2.03. The number of hydrogen-bond acceptors (Lipinski definition) is 2. The van der Waals surface area contributed by atoms with Gasteiger partial charge in [0.2, 0.25) is 0 Å². The van der Waals surface area contributed by atoms with Gasteiger partial charge in [0, 0.05) is 17.3 Å². The van der Waals surface area contributed by atoms with E-state index in [1.807, 2.05) is 38.1 Å². The maximum atomic E-state index is 13.7. The quantitative estimate of drug-likeness (QED) is 0.856. The highest BCUT2D eigenvalue weighted by Gasteiger charge is 2.11. The summed E-state index contributed by atoms with van der Waals surface area (Å²) < 4.78 is 13.7. The molecule has 1 unspecified atom stereocenters. The van der Waals surface area contributed by atoms with Crippen molar-refractivity contribution < 1.29 is 9.50 Å². The van der Waals surface area contributed by atoms with Crippen molar-refractivity contribution in [3.05, 3.63) is 59.4 Å². The molecule has 0 saturated heterocycles. The Kier molecular flexibility index (Phi) is 3.51. The van der Waals surface area contributed by atoms with E-state index in [0.29, 0.717) is 5.56 Å². The van der Waals surface area contributed by atoms with E-state index in [-0.39, 0.29) is 11.8 Å². The molecule has 0 radical (unpaired) electrons. The van der Waals surface area contributed by atoms with Crippen LogP contribution in [0.15, 0.2) is 42.5 Å². The van der Waals surface area contributed by atoms with Gasteiger partial charge in [-0.2, -0.15) is 0 Å². The Morgan fingerprint density at radius 1 is 1.17 bits per heavy atom. The third kappa shape index (κ3) is 2.62. The minimum absolute atomic E-state index is 0.0562. The van der Waals surface area contributed by atoms with E-state index in [1.165, 1.54) is 6.07 Å². The van der Waals surface area contributed by atoms with Gasteiger partial charge in [0.25, 0.3) is 0 Å². The minimum Gasteiger partial charge on any atom is -0.508 e. The number of hydrogen-bond donors (Lipinski definition) is 2. The van der Waals surface area contributed by atoms with Crippen LogP contribution in [0.25, 0.3) is 0 Å². The molecule has 2 nitrogen and oxygen atoms in total. The molecule has 2 N–H and O–H groups in total. The van der Waals surface area contributed by atoms with Gasteiger partial charge in [-0.25, -0.2) is 4.39 Å². The molecule has 2 rings (SSSR count). The molecule has 0 fully saturated rings. The maximum Gasteiger partial charge on any atom is 0.132 e. The number of aryl methyl sites for hydroxylation is 1. The monoisotopic (exact) mass is 245 g/mol. The zero-order chi connectivity index (χ0) is 13.1. The second-order valence-corrected chi connectivity index (χ2v) is 4.39. The van der Waals surface area contributed by atoms with Gasteiger partial charge >= 0.3 is 0 Å². The number of phenolic OH excluding ortho intramolecular Hbond substituents is 1. The molecular formula is C15H16FNO. The number of phenols is 1. The predicted octanol–water partition coefficient (Wildman–Crippen LogP) is 4.01. The highest BCUT2D eigenvalue weighted by Crippen LogP contribution is 2.25. The molecule has 1 atom stereocenters. The molecule has 2 aromatic rings. The Balaban J connectivity index is 2.22. The normalized spacial score (nSPS) is 12.2. The summed E-state index contributed by atoms with van der Waals surface area (Å²) in [6.07, 6.45) is 0. The van der Waals surface area contributed by atoms with Crippen LogP contribution in [0.5, 0.6) is 5.75 Å². The summed E-state index contributed by atoms with van der Waals surface area (Å²) in [7, 11) is 0. The summed E-state index contributed by atoms with van der Waals surface area (Å²) in [4.78, 5) is 0. The van der Waals surface area contributed by atoms with Crippen molar-refractivity contribution >= 4 is 5.69 Å². The first-order valence-corrected chi connectivity index (χ1v) is 5.88.